The maximum absolute atomic E-state index is 2.49. The van der Waals surface area contributed by atoms with Gasteiger partial charge in [0.15, 0.2) is 0 Å². The third-order valence-electron chi connectivity index (χ3n) is 10.1. The maximum Gasteiger partial charge on any atom is 0.0276 e. The van der Waals surface area contributed by atoms with Crippen LogP contribution in [-0.4, -0.2) is 0 Å². The fraction of sp³-hybridized carbons (Fsp3) is 0.227. The van der Waals surface area contributed by atoms with Gasteiger partial charge in [-0.15, -0.1) is 0 Å². The molecule has 0 spiro atoms. The van der Waals surface area contributed by atoms with Gasteiger partial charge in [-0.3, -0.25) is 0 Å². The van der Waals surface area contributed by atoms with Gasteiger partial charge in [0.25, 0.3) is 0 Å². The molecule has 0 heteroatoms. The first-order chi connectivity index (χ1) is 21.0. The van der Waals surface area contributed by atoms with E-state index < -0.39 is 0 Å². The Kier molecular flexibility index (Phi) is 5.89. The van der Waals surface area contributed by atoms with E-state index >= 15 is 0 Å². The molecule has 9 rings (SSSR count). The minimum absolute atomic E-state index is 0.126. The summed E-state index contributed by atoms with van der Waals surface area (Å²) >= 11 is 0. The summed E-state index contributed by atoms with van der Waals surface area (Å²) < 4.78 is 0. The number of fused-ring (bicyclic) bond motifs is 2. The van der Waals surface area contributed by atoms with Crippen LogP contribution in [0.4, 0.5) is 0 Å². The Labute approximate surface area is 262 Å². The maximum atomic E-state index is 2.49. The van der Waals surface area contributed by atoms with E-state index in [2.05, 4.69) is 163 Å². The van der Waals surface area contributed by atoms with E-state index in [1.54, 1.807) is 0 Å². The van der Waals surface area contributed by atoms with Gasteiger partial charge in [0, 0.05) is 11.8 Å². The van der Waals surface area contributed by atoms with Crippen LogP contribution in [0.3, 0.4) is 0 Å². The average Bonchev–Trinajstić information content (AvgIpc) is 3.02. The second-order valence-electron chi connectivity index (χ2n) is 15.0. The minimum atomic E-state index is 0.126. The van der Waals surface area contributed by atoms with Crippen molar-refractivity contribution < 1.29 is 0 Å². The SMILES string of the molecule is CC(C)(C)c1ccc(-c2cc3cc4c(cc3cc2-c2ccc(C(C)(C)C)cc2)C2C=CC4c3cc4ccccc4cc32)cc1. The molecule has 0 fully saturated rings. The smallest absolute Gasteiger partial charge is 0.0276 e. The highest BCUT2D eigenvalue weighted by molar-refractivity contribution is 5.98. The van der Waals surface area contributed by atoms with Crippen LogP contribution in [0.25, 0.3) is 43.8 Å². The van der Waals surface area contributed by atoms with Gasteiger partial charge in [-0.05, 0) is 124 Å². The molecule has 0 saturated heterocycles. The molecular weight excluding hydrogens is 528 g/mol. The van der Waals surface area contributed by atoms with Crippen molar-refractivity contribution in [3.63, 3.8) is 0 Å². The van der Waals surface area contributed by atoms with Gasteiger partial charge in [0.1, 0.15) is 0 Å². The van der Waals surface area contributed by atoms with E-state index in [9.17, 15) is 0 Å². The van der Waals surface area contributed by atoms with Crippen molar-refractivity contribution in [3.05, 3.63) is 155 Å². The lowest BCUT2D eigenvalue weighted by Crippen LogP contribution is -2.20. The molecule has 2 bridgehead atoms. The summed E-state index contributed by atoms with van der Waals surface area (Å²) in [5, 5.41) is 5.30. The number of rotatable bonds is 2. The molecule has 0 amide bonds. The van der Waals surface area contributed by atoms with Crippen molar-refractivity contribution in [3.8, 4) is 22.3 Å². The number of allylic oxidation sites excluding steroid dienone is 2. The Hall–Kier alpha value is -4.42. The zero-order chi connectivity index (χ0) is 30.4. The van der Waals surface area contributed by atoms with E-state index in [-0.39, 0.29) is 10.8 Å². The molecule has 0 nitrogen and oxygen atoms in total. The number of benzene rings is 6. The largest absolute Gasteiger partial charge is 0.0757 e. The molecule has 3 aliphatic carbocycles. The van der Waals surface area contributed by atoms with Crippen molar-refractivity contribution in [2.45, 2.75) is 64.2 Å². The van der Waals surface area contributed by atoms with Gasteiger partial charge in [-0.25, -0.2) is 0 Å². The van der Waals surface area contributed by atoms with Gasteiger partial charge in [0.2, 0.25) is 0 Å². The first-order valence-electron chi connectivity index (χ1n) is 16.1. The molecule has 0 aromatic heterocycles. The van der Waals surface area contributed by atoms with Crippen LogP contribution in [0.5, 0.6) is 0 Å². The van der Waals surface area contributed by atoms with Crippen LogP contribution < -0.4 is 0 Å². The van der Waals surface area contributed by atoms with Gasteiger partial charge >= 0.3 is 0 Å². The topological polar surface area (TPSA) is 0 Å². The number of hydrogen-bond donors (Lipinski definition) is 0. The normalized spacial score (nSPS) is 17.2. The highest BCUT2D eigenvalue weighted by Gasteiger charge is 2.34. The first-order valence-corrected chi connectivity index (χ1v) is 16.1. The van der Waals surface area contributed by atoms with Crippen LogP contribution >= 0.6 is 0 Å². The zero-order valence-electron chi connectivity index (χ0n) is 26.7. The Balaban J connectivity index is 1.32. The second kappa shape index (κ2) is 9.54. The standard InChI is InChI=1S/C44H40/c1-43(2,3)33-15-11-27(12-16-33)37-23-31-25-41-35-19-20-36(40-22-30-10-8-7-9-29(30)21-39(35)40)42(41)26-32(31)24-38(37)28-13-17-34(18-14-28)44(4,5)6/h7-26,35-36H,1-6H3. The summed E-state index contributed by atoms with van der Waals surface area (Å²) in [5.41, 5.74) is 14.0. The summed E-state index contributed by atoms with van der Waals surface area (Å²) in [6.45, 7) is 13.7. The highest BCUT2D eigenvalue weighted by Crippen LogP contribution is 2.51. The Morgan fingerprint density at radius 3 is 1.07 bits per heavy atom. The van der Waals surface area contributed by atoms with E-state index in [1.165, 1.54) is 77.2 Å². The Morgan fingerprint density at radius 1 is 0.386 bits per heavy atom. The third-order valence-corrected chi connectivity index (χ3v) is 10.1. The lowest BCUT2D eigenvalue weighted by molar-refractivity contribution is 0.590. The second-order valence-corrected chi connectivity index (χ2v) is 15.0. The van der Waals surface area contributed by atoms with Crippen LogP contribution in [-0.2, 0) is 10.8 Å². The molecule has 2 atom stereocenters. The van der Waals surface area contributed by atoms with Gasteiger partial charge < -0.3 is 0 Å². The van der Waals surface area contributed by atoms with Crippen molar-refractivity contribution in [2.75, 3.05) is 0 Å². The van der Waals surface area contributed by atoms with Crippen molar-refractivity contribution in [1.29, 1.82) is 0 Å². The molecular formula is C44H40. The molecule has 216 valence electrons. The monoisotopic (exact) mass is 568 g/mol. The fourth-order valence-electron chi connectivity index (χ4n) is 7.49. The Bertz CT molecular complexity index is 1950. The van der Waals surface area contributed by atoms with Crippen LogP contribution in [0.1, 0.15) is 86.8 Å². The molecule has 6 aromatic carbocycles. The predicted octanol–water partition coefficient (Wildman–Crippen LogP) is 12.1. The summed E-state index contributed by atoms with van der Waals surface area (Å²) in [7, 11) is 0. The molecule has 6 aromatic rings. The van der Waals surface area contributed by atoms with Crippen molar-refractivity contribution >= 4 is 21.5 Å². The summed E-state index contributed by atoms with van der Waals surface area (Å²) in [6, 6.07) is 42.0. The number of hydrogen-bond acceptors (Lipinski definition) is 0. The molecule has 44 heavy (non-hydrogen) atoms. The minimum Gasteiger partial charge on any atom is -0.0757 e. The molecule has 0 radical (unpaired) electrons. The molecule has 0 N–H and O–H groups in total. The van der Waals surface area contributed by atoms with Crippen molar-refractivity contribution in [2.24, 2.45) is 0 Å². The first kappa shape index (κ1) is 27.2. The van der Waals surface area contributed by atoms with Gasteiger partial charge in [-0.2, -0.15) is 0 Å². The summed E-state index contributed by atoms with van der Waals surface area (Å²) in [4.78, 5) is 0. The van der Waals surface area contributed by atoms with Crippen molar-refractivity contribution in [1.82, 2.24) is 0 Å². The van der Waals surface area contributed by atoms with Gasteiger partial charge in [0.05, 0.1) is 0 Å². The third kappa shape index (κ3) is 4.34. The average molecular weight is 569 g/mol. The van der Waals surface area contributed by atoms with E-state index in [4.69, 9.17) is 0 Å². The van der Waals surface area contributed by atoms with E-state index in [0.717, 1.165) is 0 Å². The molecule has 2 unspecified atom stereocenters. The fourth-order valence-corrected chi connectivity index (χ4v) is 7.49. The zero-order valence-corrected chi connectivity index (χ0v) is 26.7. The van der Waals surface area contributed by atoms with E-state index in [0.29, 0.717) is 11.8 Å². The Morgan fingerprint density at radius 2 is 0.727 bits per heavy atom. The molecule has 0 saturated carbocycles. The molecule has 0 aliphatic heterocycles. The van der Waals surface area contributed by atoms with Crippen LogP contribution in [0.2, 0.25) is 0 Å². The van der Waals surface area contributed by atoms with Crippen LogP contribution in [0, 0.1) is 0 Å². The summed E-state index contributed by atoms with van der Waals surface area (Å²) in [6.07, 6.45) is 4.88. The lowest BCUT2D eigenvalue weighted by atomic mass is 9.67. The lowest BCUT2D eigenvalue weighted by Gasteiger charge is -2.37. The van der Waals surface area contributed by atoms with Gasteiger partial charge in [-0.1, -0.05) is 126 Å². The molecule has 0 heterocycles. The predicted molar refractivity (Wildman–Crippen MR) is 189 cm³/mol. The van der Waals surface area contributed by atoms with Crippen LogP contribution in [0.15, 0.2) is 121 Å². The molecule has 3 aliphatic rings. The highest BCUT2D eigenvalue weighted by atomic mass is 14.4. The summed E-state index contributed by atoms with van der Waals surface area (Å²) in [5.74, 6) is 0.608. The quantitative estimate of drug-likeness (QED) is 0.182. The van der Waals surface area contributed by atoms with E-state index in [1.807, 2.05) is 0 Å².